The highest BCUT2D eigenvalue weighted by molar-refractivity contribution is 7.15. The van der Waals surface area contributed by atoms with Crippen LogP contribution in [0.5, 0.6) is 0 Å². The van der Waals surface area contributed by atoms with E-state index in [0.717, 1.165) is 57.8 Å². The number of anilines is 1. The number of benzene rings is 2. The molecule has 1 aliphatic rings. The zero-order chi connectivity index (χ0) is 22.5. The van der Waals surface area contributed by atoms with E-state index >= 15 is 0 Å². The predicted molar refractivity (Wildman–Crippen MR) is 130 cm³/mol. The standard InChI is InChI=1S/C25H27ClN2O3S/c1-17-23(32-24(27-17)19-9-11-20(26)12-10-19)16-31-15-18-6-5-13-28(14-18)22-8-4-3-7-21(22)25(29)30-2/h3-4,7-12,18H,5-6,13-16H2,1-2H3. The Bertz CT molecular complexity index is 1070. The van der Waals surface area contributed by atoms with Crippen LogP contribution in [0.2, 0.25) is 5.02 Å². The van der Waals surface area contributed by atoms with E-state index in [-0.39, 0.29) is 5.97 Å². The van der Waals surface area contributed by atoms with Crippen LogP contribution in [-0.4, -0.2) is 37.8 Å². The van der Waals surface area contributed by atoms with Crippen LogP contribution < -0.4 is 4.90 Å². The van der Waals surface area contributed by atoms with Crippen molar-refractivity contribution in [2.24, 2.45) is 5.92 Å². The maximum atomic E-state index is 12.2. The van der Waals surface area contributed by atoms with Crippen molar-refractivity contribution in [1.82, 2.24) is 4.98 Å². The van der Waals surface area contributed by atoms with Gasteiger partial charge in [0.05, 0.1) is 42.1 Å². The second-order valence-corrected chi connectivity index (χ2v) is 9.53. The highest BCUT2D eigenvalue weighted by Gasteiger charge is 2.24. The van der Waals surface area contributed by atoms with Gasteiger partial charge in [0.15, 0.2) is 0 Å². The topological polar surface area (TPSA) is 51.7 Å². The number of halogens is 1. The van der Waals surface area contributed by atoms with Crippen molar-refractivity contribution in [3.05, 3.63) is 69.7 Å². The van der Waals surface area contributed by atoms with E-state index in [1.165, 1.54) is 7.11 Å². The van der Waals surface area contributed by atoms with Crippen molar-refractivity contribution < 1.29 is 14.3 Å². The molecule has 0 aliphatic carbocycles. The van der Waals surface area contributed by atoms with Crippen LogP contribution in [0.4, 0.5) is 5.69 Å². The van der Waals surface area contributed by atoms with Gasteiger partial charge in [-0.25, -0.2) is 9.78 Å². The Morgan fingerprint density at radius 3 is 2.78 bits per heavy atom. The molecule has 0 bridgehead atoms. The molecule has 1 aromatic heterocycles. The molecular formula is C25H27ClN2O3S. The van der Waals surface area contributed by atoms with E-state index in [9.17, 15) is 4.79 Å². The van der Waals surface area contributed by atoms with Gasteiger partial charge in [-0.05, 0) is 49.9 Å². The summed E-state index contributed by atoms with van der Waals surface area (Å²) in [6.07, 6.45) is 2.19. The third-order valence-electron chi connectivity index (χ3n) is 5.74. The van der Waals surface area contributed by atoms with Crippen LogP contribution in [0.25, 0.3) is 10.6 Å². The summed E-state index contributed by atoms with van der Waals surface area (Å²) >= 11 is 7.66. The fraction of sp³-hybridized carbons (Fsp3) is 0.360. The number of nitrogens with zero attached hydrogens (tertiary/aromatic N) is 2. The van der Waals surface area contributed by atoms with E-state index in [1.807, 2.05) is 55.5 Å². The van der Waals surface area contributed by atoms with Crippen molar-refractivity contribution in [3.8, 4) is 10.6 Å². The molecule has 1 unspecified atom stereocenters. The Morgan fingerprint density at radius 2 is 2.00 bits per heavy atom. The molecule has 5 nitrogen and oxygen atoms in total. The number of carbonyl (C=O) groups is 1. The Labute approximate surface area is 198 Å². The van der Waals surface area contributed by atoms with Gasteiger partial charge in [-0.3, -0.25) is 0 Å². The molecule has 1 fully saturated rings. The quantitative estimate of drug-likeness (QED) is 0.397. The lowest BCUT2D eigenvalue weighted by Gasteiger charge is -2.35. The zero-order valence-corrected chi connectivity index (χ0v) is 19.9. The second kappa shape index (κ2) is 10.5. The Balaban J connectivity index is 1.35. The van der Waals surface area contributed by atoms with Crippen molar-refractivity contribution in [1.29, 1.82) is 0 Å². The first-order valence-electron chi connectivity index (χ1n) is 10.8. The molecule has 1 saturated heterocycles. The number of aryl methyl sites for hydroxylation is 1. The molecule has 0 saturated carbocycles. The molecule has 0 amide bonds. The van der Waals surface area contributed by atoms with Crippen LogP contribution in [-0.2, 0) is 16.1 Å². The van der Waals surface area contributed by atoms with Crippen LogP contribution in [0.3, 0.4) is 0 Å². The van der Waals surface area contributed by atoms with E-state index in [1.54, 1.807) is 11.3 Å². The monoisotopic (exact) mass is 470 g/mol. The number of ether oxygens (including phenoxy) is 2. The first-order valence-corrected chi connectivity index (χ1v) is 12.0. The van der Waals surface area contributed by atoms with Gasteiger partial charge in [0, 0.05) is 23.7 Å². The number of esters is 1. The van der Waals surface area contributed by atoms with Crippen LogP contribution in [0.1, 0.15) is 33.8 Å². The van der Waals surface area contributed by atoms with E-state index < -0.39 is 0 Å². The maximum Gasteiger partial charge on any atom is 0.339 e. The Morgan fingerprint density at radius 1 is 1.22 bits per heavy atom. The van der Waals surface area contributed by atoms with E-state index in [2.05, 4.69) is 4.90 Å². The van der Waals surface area contributed by atoms with Crippen molar-refractivity contribution in [2.75, 3.05) is 31.7 Å². The van der Waals surface area contributed by atoms with Gasteiger partial charge < -0.3 is 14.4 Å². The van der Waals surface area contributed by atoms with Crippen LogP contribution in [0.15, 0.2) is 48.5 Å². The smallest absolute Gasteiger partial charge is 0.339 e. The fourth-order valence-electron chi connectivity index (χ4n) is 4.05. The molecule has 3 aromatic rings. The highest BCUT2D eigenvalue weighted by Crippen LogP contribution is 2.30. The van der Waals surface area contributed by atoms with Crippen molar-refractivity contribution >= 4 is 34.6 Å². The molecule has 1 aliphatic heterocycles. The van der Waals surface area contributed by atoms with Crippen molar-refractivity contribution in [2.45, 2.75) is 26.4 Å². The summed E-state index contributed by atoms with van der Waals surface area (Å²) in [5.41, 5.74) is 3.64. The number of carbonyl (C=O) groups excluding carboxylic acids is 1. The lowest BCUT2D eigenvalue weighted by molar-refractivity contribution is 0.0601. The number of thiazole rings is 1. The van der Waals surface area contributed by atoms with Gasteiger partial charge in [-0.2, -0.15) is 0 Å². The molecule has 168 valence electrons. The predicted octanol–water partition coefficient (Wildman–Crippen LogP) is 5.99. The molecule has 0 N–H and O–H groups in total. The summed E-state index contributed by atoms with van der Waals surface area (Å²) < 4.78 is 11.1. The number of aromatic nitrogens is 1. The Hall–Kier alpha value is -2.41. The SMILES string of the molecule is COC(=O)c1ccccc1N1CCCC(COCc2sc(-c3ccc(Cl)cc3)nc2C)C1. The van der Waals surface area contributed by atoms with Gasteiger partial charge in [-0.1, -0.05) is 35.9 Å². The molecule has 4 rings (SSSR count). The molecular weight excluding hydrogens is 444 g/mol. The van der Waals surface area contributed by atoms with Gasteiger partial charge in [-0.15, -0.1) is 11.3 Å². The number of hydrogen-bond donors (Lipinski definition) is 0. The average molecular weight is 471 g/mol. The first-order chi connectivity index (χ1) is 15.5. The minimum absolute atomic E-state index is 0.295. The Kier molecular flexibility index (Phi) is 7.45. The van der Waals surface area contributed by atoms with Gasteiger partial charge in [0.1, 0.15) is 5.01 Å². The van der Waals surface area contributed by atoms with Gasteiger partial charge in [0.2, 0.25) is 0 Å². The lowest BCUT2D eigenvalue weighted by atomic mass is 9.97. The third-order valence-corrected chi connectivity index (χ3v) is 7.17. The number of piperidine rings is 1. The summed E-state index contributed by atoms with van der Waals surface area (Å²) in [5, 5.41) is 1.71. The summed E-state index contributed by atoms with van der Waals surface area (Å²) in [6.45, 7) is 5.08. The minimum atomic E-state index is -0.295. The maximum absolute atomic E-state index is 12.2. The average Bonchev–Trinajstić information content (AvgIpc) is 3.19. The van der Waals surface area contributed by atoms with E-state index in [0.29, 0.717) is 24.7 Å². The molecule has 0 spiro atoms. The lowest BCUT2D eigenvalue weighted by Crippen LogP contribution is -2.38. The molecule has 2 aromatic carbocycles. The van der Waals surface area contributed by atoms with Gasteiger partial charge in [0.25, 0.3) is 0 Å². The summed E-state index contributed by atoms with van der Waals surface area (Å²) in [4.78, 5) is 20.3. The van der Waals surface area contributed by atoms with Gasteiger partial charge >= 0.3 is 5.97 Å². The number of para-hydroxylation sites is 1. The molecule has 1 atom stereocenters. The molecule has 0 radical (unpaired) electrons. The summed E-state index contributed by atoms with van der Waals surface area (Å²) in [7, 11) is 1.42. The largest absolute Gasteiger partial charge is 0.465 e. The normalized spacial score (nSPS) is 16.2. The number of hydrogen-bond acceptors (Lipinski definition) is 6. The highest BCUT2D eigenvalue weighted by atomic mass is 35.5. The first kappa shape index (κ1) is 22.8. The van der Waals surface area contributed by atoms with Crippen LogP contribution >= 0.6 is 22.9 Å². The molecule has 7 heteroatoms. The molecule has 2 heterocycles. The summed E-state index contributed by atoms with van der Waals surface area (Å²) in [5.74, 6) is 0.120. The van der Waals surface area contributed by atoms with Crippen LogP contribution in [0, 0.1) is 12.8 Å². The minimum Gasteiger partial charge on any atom is -0.465 e. The summed E-state index contributed by atoms with van der Waals surface area (Å²) in [6, 6.07) is 15.4. The number of rotatable bonds is 7. The zero-order valence-electron chi connectivity index (χ0n) is 18.3. The van der Waals surface area contributed by atoms with E-state index in [4.69, 9.17) is 26.1 Å². The third kappa shape index (κ3) is 5.31. The van der Waals surface area contributed by atoms with Crippen molar-refractivity contribution in [3.63, 3.8) is 0 Å². The fourth-order valence-corrected chi connectivity index (χ4v) is 5.18. The second-order valence-electron chi connectivity index (χ2n) is 8.01. The molecule has 32 heavy (non-hydrogen) atoms. The number of methoxy groups -OCH3 is 1.